The van der Waals surface area contributed by atoms with Crippen LogP contribution >= 0.6 is 0 Å². The van der Waals surface area contributed by atoms with Gasteiger partial charge >= 0.3 is 6.18 Å². The minimum atomic E-state index is -4.75. The summed E-state index contributed by atoms with van der Waals surface area (Å²) in [5, 5.41) is 0. The third-order valence-electron chi connectivity index (χ3n) is 2.17. The molecule has 0 spiro atoms. The second-order valence-electron chi connectivity index (χ2n) is 3.53. The molecule has 0 aliphatic carbocycles. The number of rotatable bonds is 3. The maximum absolute atomic E-state index is 12.5. The van der Waals surface area contributed by atoms with Crippen molar-refractivity contribution in [1.29, 1.82) is 0 Å². The minimum absolute atomic E-state index is 0.142. The third-order valence-corrected chi connectivity index (χ3v) is 3.50. The van der Waals surface area contributed by atoms with Gasteiger partial charge in [-0.05, 0) is 12.1 Å². The van der Waals surface area contributed by atoms with E-state index in [2.05, 4.69) is 4.98 Å². The zero-order valence-corrected chi connectivity index (χ0v) is 10.1. The molecule has 102 valence electrons. The Morgan fingerprint density at radius 1 is 1.16 bits per heavy atom. The molecule has 0 fully saturated rings. The summed E-state index contributed by atoms with van der Waals surface area (Å²) in [6.45, 7) is 0. The van der Waals surface area contributed by atoms with E-state index in [1.165, 1.54) is 24.3 Å². The van der Waals surface area contributed by atoms with E-state index >= 15 is 0 Å². The second kappa shape index (κ2) is 4.57. The topological polar surface area (TPSA) is 64.0 Å². The van der Waals surface area contributed by atoms with Crippen molar-refractivity contribution in [3.05, 3.63) is 48.5 Å². The summed E-state index contributed by atoms with van der Waals surface area (Å²) in [6.07, 6.45) is -3.01. The number of aromatic nitrogens is 2. The molecule has 0 bridgehead atoms. The Hall–Kier alpha value is -2.03. The zero-order chi connectivity index (χ0) is 14.1. The maximum atomic E-state index is 12.5. The van der Waals surface area contributed by atoms with Crippen LogP contribution in [0.5, 0.6) is 0 Å². The Labute approximate surface area is 106 Å². The molecule has 2 rings (SSSR count). The molecule has 1 heterocycles. The van der Waals surface area contributed by atoms with Crippen LogP contribution in [0.25, 0.3) is 0 Å². The van der Waals surface area contributed by atoms with Crippen molar-refractivity contribution in [1.82, 2.24) is 9.66 Å². The molecule has 1 N–H and O–H groups in total. The van der Waals surface area contributed by atoms with Crippen LogP contribution in [0.2, 0.25) is 0 Å². The number of alkyl halides is 3. The average molecular weight is 291 g/mol. The molecule has 2 aromatic rings. The van der Waals surface area contributed by atoms with Crippen molar-refractivity contribution in [3.63, 3.8) is 0 Å². The van der Waals surface area contributed by atoms with Gasteiger partial charge in [-0.15, -0.1) is 0 Å². The van der Waals surface area contributed by atoms with E-state index in [0.29, 0.717) is 4.68 Å². The zero-order valence-electron chi connectivity index (χ0n) is 9.29. The molecule has 0 unspecified atom stereocenters. The van der Waals surface area contributed by atoms with Crippen LogP contribution in [0, 0.1) is 0 Å². The molecule has 0 aliphatic heterocycles. The van der Waals surface area contributed by atoms with Gasteiger partial charge in [0.25, 0.3) is 10.0 Å². The molecule has 0 atom stereocenters. The molecular weight excluding hydrogens is 283 g/mol. The van der Waals surface area contributed by atoms with Crippen molar-refractivity contribution < 1.29 is 21.6 Å². The molecule has 0 saturated carbocycles. The first-order chi connectivity index (χ1) is 8.81. The number of benzene rings is 1. The van der Waals surface area contributed by atoms with Crippen LogP contribution in [-0.2, 0) is 16.2 Å². The van der Waals surface area contributed by atoms with Crippen LogP contribution < -0.4 is 4.83 Å². The van der Waals surface area contributed by atoms with Gasteiger partial charge < -0.3 is 0 Å². The fourth-order valence-corrected chi connectivity index (χ4v) is 2.40. The monoisotopic (exact) mass is 291 g/mol. The van der Waals surface area contributed by atoms with Gasteiger partial charge in [0.05, 0.1) is 4.90 Å². The van der Waals surface area contributed by atoms with Crippen molar-refractivity contribution in [2.24, 2.45) is 0 Å². The lowest BCUT2D eigenvalue weighted by Crippen LogP contribution is -2.27. The maximum Gasteiger partial charge on any atom is 0.451 e. The highest BCUT2D eigenvalue weighted by Crippen LogP contribution is 2.27. The van der Waals surface area contributed by atoms with E-state index in [0.717, 1.165) is 12.4 Å². The van der Waals surface area contributed by atoms with Gasteiger partial charge in [-0.1, -0.05) is 18.2 Å². The predicted octanol–water partition coefficient (Wildman–Crippen LogP) is 1.83. The highest BCUT2D eigenvalue weighted by molar-refractivity contribution is 7.92. The smallest absolute Gasteiger partial charge is 0.231 e. The van der Waals surface area contributed by atoms with Crippen LogP contribution in [0.4, 0.5) is 13.2 Å². The van der Waals surface area contributed by atoms with E-state index in [4.69, 9.17) is 0 Å². The summed E-state index contributed by atoms with van der Waals surface area (Å²) in [5.41, 5.74) is 0. The summed E-state index contributed by atoms with van der Waals surface area (Å²) in [4.78, 5) is 4.73. The summed E-state index contributed by atoms with van der Waals surface area (Å²) < 4.78 is 61.6. The van der Waals surface area contributed by atoms with Crippen molar-refractivity contribution in [3.8, 4) is 0 Å². The Morgan fingerprint density at radius 2 is 1.79 bits per heavy atom. The largest absolute Gasteiger partial charge is 0.451 e. The van der Waals surface area contributed by atoms with E-state index in [9.17, 15) is 21.6 Å². The number of hydrogen-bond acceptors (Lipinski definition) is 3. The highest BCUT2D eigenvalue weighted by Gasteiger charge is 2.37. The fraction of sp³-hybridized carbons (Fsp3) is 0.100. The van der Waals surface area contributed by atoms with Gasteiger partial charge in [-0.2, -0.15) is 21.6 Å². The van der Waals surface area contributed by atoms with Crippen LogP contribution in [-0.4, -0.2) is 18.1 Å². The molecule has 9 heteroatoms. The molecule has 5 nitrogen and oxygen atoms in total. The molecule has 1 aromatic heterocycles. The van der Waals surface area contributed by atoms with Crippen molar-refractivity contribution >= 4 is 10.0 Å². The normalized spacial score (nSPS) is 12.4. The van der Waals surface area contributed by atoms with Gasteiger partial charge in [0.1, 0.15) is 0 Å². The lowest BCUT2D eigenvalue weighted by molar-refractivity contribution is -0.146. The van der Waals surface area contributed by atoms with Gasteiger partial charge in [-0.3, -0.25) is 0 Å². The SMILES string of the molecule is O=S(=O)(Nn1ccnc1C(F)(F)F)c1ccccc1. The molecule has 1 aromatic carbocycles. The van der Waals surface area contributed by atoms with E-state index in [1.54, 1.807) is 10.9 Å². The minimum Gasteiger partial charge on any atom is -0.231 e. The number of hydrogen-bond donors (Lipinski definition) is 1. The number of imidazole rings is 1. The first kappa shape index (κ1) is 13.4. The average Bonchev–Trinajstić information content (AvgIpc) is 2.77. The highest BCUT2D eigenvalue weighted by atomic mass is 32.2. The van der Waals surface area contributed by atoms with Crippen LogP contribution in [0.15, 0.2) is 47.6 Å². The Morgan fingerprint density at radius 3 is 2.37 bits per heavy atom. The Kier molecular flexibility index (Phi) is 3.23. The molecule has 0 aliphatic rings. The Bertz CT molecular complexity index is 665. The summed E-state index contributed by atoms with van der Waals surface area (Å²) >= 11 is 0. The second-order valence-corrected chi connectivity index (χ2v) is 5.19. The predicted molar refractivity (Wildman–Crippen MR) is 60.2 cm³/mol. The van der Waals surface area contributed by atoms with E-state index < -0.39 is 22.0 Å². The number of halogens is 3. The Balaban J connectivity index is 2.35. The summed E-state index contributed by atoms with van der Waals surface area (Å²) in [5.74, 6) is -1.34. The number of sulfonamides is 1. The van der Waals surface area contributed by atoms with Gasteiger partial charge in [0, 0.05) is 12.4 Å². The lowest BCUT2D eigenvalue weighted by Gasteiger charge is -2.12. The van der Waals surface area contributed by atoms with Crippen molar-refractivity contribution in [2.45, 2.75) is 11.1 Å². The number of nitrogens with one attached hydrogen (secondary N) is 1. The van der Waals surface area contributed by atoms with Crippen LogP contribution in [0.1, 0.15) is 5.82 Å². The first-order valence-corrected chi connectivity index (χ1v) is 6.47. The first-order valence-electron chi connectivity index (χ1n) is 4.99. The van der Waals surface area contributed by atoms with Crippen molar-refractivity contribution in [2.75, 3.05) is 4.83 Å². The molecule has 19 heavy (non-hydrogen) atoms. The van der Waals surface area contributed by atoms with Crippen LogP contribution in [0.3, 0.4) is 0 Å². The number of nitrogens with zero attached hydrogens (tertiary/aromatic N) is 2. The van der Waals surface area contributed by atoms with E-state index in [1.807, 2.05) is 0 Å². The van der Waals surface area contributed by atoms with Gasteiger partial charge in [0.2, 0.25) is 5.82 Å². The van der Waals surface area contributed by atoms with Gasteiger partial charge in [0.15, 0.2) is 0 Å². The summed E-state index contributed by atoms with van der Waals surface area (Å²) in [7, 11) is -4.09. The van der Waals surface area contributed by atoms with Gasteiger partial charge in [-0.25, -0.2) is 14.5 Å². The standard InChI is InChI=1S/C10H8F3N3O2S/c11-10(12,13)9-14-6-7-16(9)15-19(17,18)8-4-2-1-3-5-8/h1-7,15H. The molecule has 0 amide bonds. The molecule has 0 saturated heterocycles. The summed E-state index contributed by atoms with van der Waals surface area (Å²) in [6, 6.07) is 7.07. The van der Waals surface area contributed by atoms with E-state index in [-0.39, 0.29) is 4.90 Å². The third kappa shape index (κ3) is 2.87. The quantitative estimate of drug-likeness (QED) is 0.938. The lowest BCUT2D eigenvalue weighted by atomic mass is 10.4. The molecular formula is C10H8F3N3O2S. The fourth-order valence-electron chi connectivity index (χ4n) is 1.37. The molecule has 0 radical (unpaired) electrons.